The van der Waals surface area contributed by atoms with Crippen LogP contribution in [0.4, 0.5) is 0 Å². The van der Waals surface area contributed by atoms with Crippen LogP contribution in [0.5, 0.6) is 0 Å². The molecule has 0 heterocycles. The van der Waals surface area contributed by atoms with Gasteiger partial charge in [0.15, 0.2) is 0 Å². The van der Waals surface area contributed by atoms with Gasteiger partial charge in [-0.1, -0.05) is 39.0 Å². The smallest absolute Gasteiger partial charge is 0.0555 e. The molecule has 0 atom stereocenters. The van der Waals surface area contributed by atoms with Gasteiger partial charge in [0.2, 0.25) is 0 Å². The van der Waals surface area contributed by atoms with Gasteiger partial charge in [0.1, 0.15) is 0 Å². The van der Waals surface area contributed by atoms with Crippen molar-refractivity contribution in [3.63, 3.8) is 0 Å². The highest BCUT2D eigenvalue weighted by Gasteiger charge is 1.89. The van der Waals surface area contributed by atoms with Crippen LogP contribution < -0.4 is 5.32 Å². The Hall–Kier alpha value is 0.210. The number of halogens is 1. The van der Waals surface area contributed by atoms with Crippen molar-refractivity contribution in [2.75, 3.05) is 19.7 Å². The molecule has 0 saturated carbocycles. The van der Waals surface area contributed by atoms with Crippen molar-refractivity contribution in [1.29, 1.82) is 0 Å². The SMILES string of the molecule is CCCCCCCCNCCO.Cl. The maximum atomic E-state index is 8.48. The van der Waals surface area contributed by atoms with Gasteiger partial charge in [0.25, 0.3) is 0 Å². The molecule has 13 heavy (non-hydrogen) atoms. The Morgan fingerprint density at radius 3 is 2.15 bits per heavy atom. The summed E-state index contributed by atoms with van der Waals surface area (Å²) < 4.78 is 0. The molecule has 0 fully saturated rings. The van der Waals surface area contributed by atoms with Gasteiger partial charge in [0, 0.05) is 6.54 Å². The summed E-state index contributed by atoms with van der Waals surface area (Å²) in [6, 6.07) is 0. The van der Waals surface area contributed by atoms with Gasteiger partial charge in [-0.3, -0.25) is 0 Å². The third kappa shape index (κ3) is 15.0. The zero-order valence-electron chi connectivity index (χ0n) is 8.72. The molecule has 2 N–H and O–H groups in total. The van der Waals surface area contributed by atoms with Crippen LogP contribution in [0.15, 0.2) is 0 Å². The predicted octanol–water partition coefficient (Wildman–Crippen LogP) is 2.35. The van der Waals surface area contributed by atoms with E-state index in [4.69, 9.17) is 5.11 Å². The van der Waals surface area contributed by atoms with Crippen molar-refractivity contribution in [2.45, 2.75) is 45.4 Å². The molecule has 0 aromatic rings. The summed E-state index contributed by atoms with van der Waals surface area (Å²) in [7, 11) is 0. The summed E-state index contributed by atoms with van der Waals surface area (Å²) in [4.78, 5) is 0. The third-order valence-corrected chi connectivity index (χ3v) is 2.00. The molecule has 0 spiro atoms. The highest BCUT2D eigenvalue weighted by Crippen LogP contribution is 2.03. The van der Waals surface area contributed by atoms with E-state index in [0.717, 1.165) is 13.1 Å². The van der Waals surface area contributed by atoms with E-state index in [1.54, 1.807) is 0 Å². The van der Waals surface area contributed by atoms with E-state index >= 15 is 0 Å². The summed E-state index contributed by atoms with van der Waals surface area (Å²) >= 11 is 0. The lowest BCUT2D eigenvalue weighted by Crippen LogP contribution is -2.19. The molecule has 3 heteroatoms. The van der Waals surface area contributed by atoms with E-state index in [0.29, 0.717) is 0 Å². The fourth-order valence-electron chi connectivity index (χ4n) is 1.23. The molecule has 0 aliphatic rings. The van der Waals surface area contributed by atoms with Gasteiger partial charge < -0.3 is 10.4 Å². The fourth-order valence-corrected chi connectivity index (χ4v) is 1.23. The first-order valence-corrected chi connectivity index (χ1v) is 5.23. The molecular weight excluding hydrogens is 186 g/mol. The first kappa shape index (κ1) is 15.7. The summed E-state index contributed by atoms with van der Waals surface area (Å²) in [5, 5.41) is 11.7. The highest BCUT2D eigenvalue weighted by molar-refractivity contribution is 5.85. The van der Waals surface area contributed by atoms with Crippen molar-refractivity contribution in [3.05, 3.63) is 0 Å². The molecule has 0 unspecified atom stereocenters. The lowest BCUT2D eigenvalue weighted by atomic mass is 10.1. The van der Waals surface area contributed by atoms with Crippen LogP contribution in [0.1, 0.15) is 45.4 Å². The molecule has 82 valence electrons. The predicted molar refractivity (Wildman–Crippen MR) is 60.6 cm³/mol. The number of rotatable bonds is 9. The van der Waals surface area contributed by atoms with Gasteiger partial charge in [0.05, 0.1) is 6.61 Å². The van der Waals surface area contributed by atoms with E-state index in [2.05, 4.69) is 12.2 Å². The van der Waals surface area contributed by atoms with E-state index in [-0.39, 0.29) is 19.0 Å². The number of nitrogens with one attached hydrogen (secondary N) is 1. The maximum Gasteiger partial charge on any atom is 0.0555 e. The lowest BCUT2D eigenvalue weighted by Gasteiger charge is -2.01. The summed E-state index contributed by atoms with van der Waals surface area (Å²) in [6.45, 7) is 4.31. The second-order valence-electron chi connectivity index (χ2n) is 3.24. The van der Waals surface area contributed by atoms with E-state index in [9.17, 15) is 0 Å². The van der Waals surface area contributed by atoms with Crippen molar-refractivity contribution in [2.24, 2.45) is 0 Å². The number of hydrogen-bond donors (Lipinski definition) is 2. The lowest BCUT2D eigenvalue weighted by molar-refractivity contribution is 0.292. The van der Waals surface area contributed by atoms with Crippen molar-refractivity contribution < 1.29 is 5.11 Å². The van der Waals surface area contributed by atoms with Gasteiger partial charge in [-0.15, -0.1) is 12.4 Å². The van der Waals surface area contributed by atoms with Gasteiger partial charge in [-0.05, 0) is 13.0 Å². The van der Waals surface area contributed by atoms with Gasteiger partial charge in [-0.25, -0.2) is 0 Å². The van der Waals surface area contributed by atoms with Crippen molar-refractivity contribution in [3.8, 4) is 0 Å². The number of aliphatic hydroxyl groups is 1. The van der Waals surface area contributed by atoms with Crippen LogP contribution in [0, 0.1) is 0 Å². The molecule has 0 aromatic carbocycles. The molecule has 0 aromatic heterocycles. The summed E-state index contributed by atoms with van der Waals surface area (Å²) in [6.07, 6.45) is 8.04. The molecule has 0 rings (SSSR count). The standard InChI is InChI=1S/C10H23NO.ClH/c1-2-3-4-5-6-7-8-11-9-10-12;/h11-12H,2-10H2,1H3;1H. The zero-order chi connectivity index (χ0) is 9.07. The second-order valence-corrected chi connectivity index (χ2v) is 3.24. The first-order valence-electron chi connectivity index (χ1n) is 5.23. The van der Waals surface area contributed by atoms with Crippen LogP contribution in [-0.4, -0.2) is 24.8 Å². The molecule has 0 radical (unpaired) electrons. The highest BCUT2D eigenvalue weighted by atomic mass is 35.5. The van der Waals surface area contributed by atoms with Crippen LogP contribution in [-0.2, 0) is 0 Å². The maximum absolute atomic E-state index is 8.48. The number of aliphatic hydroxyl groups excluding tert-OH is 1. The third-order valence-electron chi connectivity index (χ3n) is 2.00. The van der Waals surface area contributed by atoms with Crippen molar-refractivity contribution >= 4 is 12.4 Å². The van der Waals surface area contributed by atoms with Crippen LogP contribution in [0.25, 0.3) is 0 Å². The zero-order valence-corrected chi connectivity index (χ0v) is 9.54. The molecular formula is C10H24ClNO. The number of hydrogen-bond acceptors (Lipinski definition) is 2. The summed E-state index contributed by atoms with van der Waals surface area (Å²) in [5.41, 5.74) is 0. The molecule has 0 saturated heterocycles. The Morgan fingerprint density at radius 1 is 0.923 bits per heavy atom. The molecule has 0 aliphatic heterocycles. The Morgan fingerprint density at radius 2 is 1.54 bits per heavy atom. The monoisotopic (exact) mass is 209 g/mol. The Kier molecular flexibility index (Phi) is 17.7. The number of unbranched alkanes of at least 4 members (excludes halogenated alkanes) is 5. The quantitative estimate of drug-likeness (QED) is 0.572. The minimum Gasteiger partial charge on any atom is -0.395 e. The van der Waals surface area contributed by atoms with E-state index in [1.807, 2.05) is 0 Å². The van der Waals surface area contributed by atoms with Crippen molar-refractivity contribution in [1.82, 2.24) is 5.32 Å². The van der Waals surface area contributed by atoms with Gasteiger partial charge >= 0.3 is 0 Å². The average Bonchev–Trinajstić information content (AvgIpc) is 2.10. The minimum atomic E-state index is 0. The first-order chi connectivity index (χ1) is 5.91. The second kappa shape index (κ2) is 14.7. The van der Waals surface area contributed by atoms with Crippen LogP contribution in [0.2, 0.25) is 0 Å². The van der Waals surface area contributed by atoms with Gasteiger partial charge in [-0.2, -0.15) is 0 Å². The fraction of sp³-hybridized carbons (Fsp3) is 1.00. The largest absolute Gasteiger partial charge is 0.395 e. The van der Waals surface area contributed by atoms with E-state index < -0.39 is 0 Å². The molecule has 0 aliphatic carbocycles. The summed E-state index contributed by atoms with van der Waals surface area (Å²) in [5.74, 6) is 0. The molecule has 0 amide bonds. The van der Waals surface area contributed by atoms with Crippen LogP contribution in [0.3, 0.4) is 0 Å². The van der Waals surface area contributed by atoms with Crippen LogP contribution >= 0.6 is 12.4 Å². The average molecular weight is 210 g/mol. The Labute approximate surface area is 88.5 Å². The topological polar surface area (TPSA) is 32.3 Å². The normalized spacial score (nSPS) is 9.69. The molecule has 2 nitrogen and oxygen atoms in total. The Bertz CT molecular complexity index is 71.3. The molecule has 0 bridgehead atoms. The van der Waals surface area contributed by atoms with E-state index in [1.165, 1.54) is 38.5 Å². The minimum absolute atomic E-state index is 0. The Balaban J connectivity index is 0.